The molecule has 6 aliphatic rings. The number of pyridine rings is 2. The van der Waals surface area contributed by atoms with Gasteiger partial charge in [-0.2, -0.15) is 0 Å². The topological polar surface area (TPSA) is 159 Å². The van der Waals surface area contributed by atoms with Gasteiger partial charge in [-0.25, -0.2) is 4.98 Å². The van der Waals surface area contributed by atoms with E-state index in [4.69, 9.17) is 28.4 Å². The minimum absolute atomic E-state index is 0.0808. The van der Waals surface area contributed by atoms with Gasteiger partial charge >= 0.3 is 0 Å². The first-order chi connectivity index (χ1) is 29.8. The van der Waals surface area contributed by atoms with Gasteiger partial charge in [-0.1, -0.05) is 18.2 Å². The summed E-state index contributed by atoms with van der Waals surface area (Å²) in [6.45, 7) is 5.09. The van der Waals surface area contributed by atoms with Crippen LogP contribution in [-0.4, -0.2) is 120 Å². The molecule has 1 aliphatic carbocycles. The molecule has 15 heteroatoms. The molecule has 5 aromatic rings. The van der Waals surface area contributed by atoms with Gasteiger partial charge in [0.2, 0.25) is 17.7 Å². The fourth-order valence-electron chi connectivity index (χ4n) is 9.36. The molecule has 15 nitrogen and oxygen atoms in total. The van der Waals surface area contributed by atoms with Crippen molar-refractivity contribution in [3.05, 3.63) is 84.3 Å². The first-order valence-electron chi connectivity index (χ1n) is 21.3. The van der Waals surface area contributed by atoms with Gasteiger partial charge in [0.05, 0.1) is 49.6 Å². The number of nitrogens with zero attached hydrogens (tertiary/aromatic N) is 5. The molecule has 5 fully saturated rings. The third-order valence-electron chi connectivity index (χ3n) is 13.2. The number of amides is 3. The maximum Gasteiger partial charge on any atom is 0.257 e. The van der Waals surface area contributed by atoms with Crippen LogP contribution < -0.4 is 15.0 Å². The Morgan fingerprint density at radius 1 is 0.869 bits per heavy atom. The lowest BCUT2D eigenvalue weighted by Gasteiger charge is -2.43. The first kappa shape index (κ1) is 38.5. The van der Waals surface area contributed by atoms with Gasteiger partial charge < -0.3 is 37.9 Å². The van der Waals surface area contributed by atoms with Crippen LogP contribution in [0.25, 0.3) is 32.9 Å². The predicted octanol–water partition coefficient (Wildman–Crippen LogP) is 4.70. The smallest absolute Gasteiger partial charge is 0.257 e. The van der Waals surface area contributed by atoms with Crippen LogP contribution in [0.2, 0.25) is 0 Å². The number of nitrogens with one attached hydrogen (secondary N) is 1. The van der Waals surface area contributed by atoms with Crippen molar-refractivity contribution in [1.29, 1.82) is 0 Å². The monoisotopic (exact) mass is 828 g/mol. The van der Waals surface area contributed by atoms with Crippen molar-refractivity contribution in [3.8, 4) is 17.0 Å². The van der Waals surface area contributed by atoms with Crippen LogP contribution in [-0.2, 0) is 40.3 Å². The van der Waals surface area contributed by atoms with E-state index in [0.29, 0.717) is 57.5 Å². The van der Waals surface area contributed by atoms with Gasteiger partial charge in [0, 0.05) is 110 Å². The number of ether oxygens (including phenoxy) is 6. The Kier molecular flexibility index (Phi) is 9.76. The number of anilines is 1. The van der Waals surface area contributed by atoms with Crippen molar-refractivity contribution in [1.82, 2.24) is 24.8 Å². The molecule has 5 aliphatic heterocycles. The molecule has 1 N–H and O–H groups in total. The van der Waals surface area contributed by atoms with Crippen molar-refractivity contribution >= 4 is 45.2 Å². The van der Waals surface area contributed by atoms with Crippen molar-refractivity contribution in [2.24, 2.45) is 12.5 Å². The number of fused-ring (bicyclic) bond motifs is 6. The number of aryl methyl sites for hydroxylation is 1. The predicted molar refractivity (Wildman–Crippen MR) is 222 cm³/mol. The highest BCUT2D eigenvalue weighted by molar-refractivity contribution is 6.08. The highest BCUT2D eigenvalue weighted by Gasteiger charge is 2.56. The van der Waals surface area contributed by atoms with Crippen LogP contribution in [0.15, 0.2) is 73.2 Å². The van der Waals surface area contributed by atoms with E-state index in [9.17, 15) is 14.4 Å². The normalized spacial score (nSPS) is 25.4. The lowest BCUT2D eigenvalue weighted by molar-refractivity contribution is -0.197. The van der Waals surface area contributed by atoms with Crippen molar-refractivity contribution in [3.63, 3.8) is 0 Å². The average Bonchev–Trinajstić information content (AvgIpc) is 3.98. The number of hydrogen-bond acceptors (Lipinski definition) is 12. The summed E-state index contributed by atoms with van der Waals surface area (Å²) in [6.07, 6.45) is 8.21. The fraction of sp³-hybridized carbons (Fsp3) is 0.457. The van der Waals surface area contributed by atoms with Crippen molar-refractivity contribution in [2.45, 2.75) is 68.8 Å². The van der Waals surface area contributed by atoms with Crippen LogP contribution in [0.5, 0.6) is 5.88 Å². The Morgan fingerprint density at radius 3 is 2.54 bits per heavy atom. The second-order valence-corrected chi connectivity index (χ2v) is 17.4. The Balaban J connectivity index is 0.579. The van der Waals surface area contributed by atoms with E-state index in [2.05, 4.69) is 56.1 Å². The molecule has 0 spiro atoms. The summed E-state index contributed by atoms with van der Waals surface area (Å²) in [5.74, 6) is -0.357. The van der Waals surface area contributed by atoms with Crippen molar-refractivity contribution in [2.75, 3.05) is 57.6 Å². The van der Waals surface area contributed by atoms with E-state index in [1.54, 1.807) is 0 Å². The molecule has 4 saturated heterocycles. The highest BCUT2D eigenvalue weighted by atomic mass is 16.6. The maximum atomic E-state index is 13.6. The molecule has 0 radical (unpaired) electrons. The molecular formula is C46H48N6O9. The molecule has 11 rings (SSSR count). The average molecular weight is 829 g/mol. The van der Waals surface area contributed by atoms with Crippen LogP contribution in [0.3, 0.4) is 0 Å². The third kappa shape index (κ3) is 7.21. The van der Waals surface area contributed by atoms with Crippen LogP contribution >= 0.6 is 0 Å². The summed E-state index contributed by atoms with van der Waals surface area (Å²) in [5.41, 5.74) is 6.69. The molecule has 2 aromatic carbocycles. The van der Waals surface area contributed by atoms with Gasteiger partial charge in [-0.3, -0.25) is 29.6 Å². The van der Waals surface area contributed by atoms with Gasteiger partial charge in [0.1, 0.15) is 18.2 Å². The summed E-state index contributed by atoms with van der Waals surface area (Å²) < 4.78 is 38.3. The van der Waals surface area contributed by atoms with Crippen LogP contribution in [0, 0.1) is 5.41 Å². The first-order valence-corrected chi connectivity index (χ1v) is 21.3. The molecule has 3 aromatic heterocycles. The lowest BCUT2D eigenvalue weighted by atomic mass is 9.87. The van der Waals surface area contributed by atoms with E-state index in [1.807, 2.05) is 48.9 Å². The van der Waals surface area contributed by atoms with Gasteiger partial charge in [0.25, 0.3) is 5.91 Å². The molecule has 3 unspecified atom stereocenters. The number of rotatable bonds is 15. The molecule has 8 heterocycles. The summed E-state index contributed by atoms with van der Waals surface area (Å²) in [6, 6.07) is 17.7. The summed E-state index contributed by atoms with van der Waals surface area (Å²) >= 11 is 0. The third-order valence-corrected chi connectivity index (χ3v) is 13.2. The van der Waals surface area contributed by atoms with Gasteiger partial charge in [0.15, 0.2) is 6.23 Å². The summed E-state index contributed by atoms with van der Waals surface area (Å²) in [5, 5.41) is 4.70. The Labute approximate surface area is 352 Å². The second-order valence-electron chi connectivity index (χ2n) is 17.4. The van der Waals surface area contributed by atoms with E-state index >= 15 is 0 Å². The molecule has 3 amide bonds. The number of piperidine rings is 1. The standard InChI is InChI=1S/C46H48N6O9/c1-50-37-11-12-47-20-36(37)33-6-3-27(15-39(33)50)28-4-10-41(48-19-28)60-31-17-30(18-31)59-26-46(24-57-25-46)23-56-13-2-14-58-32-21-51(22-32)29-5-7-34-35(16-29)44(55)52(45-42(34)61-45)38-8-9-40(53)49-43(38)54/h3-7,10-12,15-16,19-20,30-32,38,42,45H,2,8-9,13-14,17-18,21-26H2,1H3,(H,49,53,54). The van der Waals surface area contributed by atoms with E-state index in [0.717, 1.165) is 71.1 Å². The maximum absolute atomic E-state index is 13.6. The molecule has 0 bridgehead atoms. The number of epoxide rings is 1. The van der Waals surface area contributed by atoms with E-state index in [-0.39, 0.29) is 48.1 Å². The Morgan fingerprint density at radius 2 is 1.74 bits per heavy atom. The number of imide groups is 1. The second kappa shape index (κ2) is 15.5. The quantitative estimate of drug-likeness (QED) is 0.0883. The van der Waals surface area contributed by atoms with Gasteiger partial charge in [-0.05, 0) is 54.3 Å². The van der Waals surface area contributed by atoms with Crippen LogP contribution in [0.1, 0.15) is 54.1 Å². The van der Waals surface area contributed by atoms with E-state index < -0.39 is 18.2 Å². The molecule has 3 atom stereocenters. The van der Waals surface area contributed by atoms with E-state index in [1.165, 1.54) is 10.3 Å². The van der Waals surface area contributed by atoms with Crippen molar-refractivity contribution < 1.29 is 42.8 Å². The zero-order chi connectivity index (χ0) is 41.2. The minimum Gasteiger partial charge on any atom is -0.474 e. The van der Waals surface area contributed by atoms with Crippen LogP contribution in [0.4, 0.5) is 5.69 Å². The fourth-order valence-corrected chi connectivity index (χ4v) is 9.36. The summed E-state index contributed by atoms with van der Waals surface area (Å²) in [4.78, 5) is 50.4. The Hall–Kier alpha value is -5.45. The number of hydrogen-bond donors (Lipinski definition) is 1. The lowest BCUT2D eigenvalue weighted by Crippen LogP contribution is -2.56. The molecule has 61 heavy (non-hydrogen) atoms. The number of carbonyl (C=O) groups excluding carboxylic acids is 3. The molecular weight excluding hydrogens is 781 g/mol. The van der Waals surface area contributed by atoms with Gasteiger partial charge in [-0.15, -0.1) is 0 Å². The Bertz CT molecular complexity index is 2510. The largest absolute Gasteiger partial charge is 0.474 e. The molecule has 1 saturated carbocycles. The SMILES string of the molecule is Cn1c2ccncc2c2ccc(-c3ccc(OC4CC(OCC5(COCCCOC6CN(c7ccc8c(c7)C(=O)N(C7CCC(=O)NC7=O)C7OC87)C6)COC5)C4)nc3)cc21. The zero-order valence-electron chi connectivity index (χ0n) is 34.0. The zero-order valence-corrected chi connectivity index (χ0v) is 34.0. The molecule has 316 valence electrons. The highest BCUT2D eigenvalue weighted by Crippen LogP contribution is 2.49. The summed E-state index contributed by atoms with van der Waals surface area (Å²) in [7, 11) is 2.09. The number of carbonyl (C=O) groups is 3. The number of benzene rings is 2. The number of aromatic nitrogens is 3. The minimum atomic E-state index is -0.705.